The van der Waals surface area contributed by atoms with Crippen LogP contribution in [0.3, 0.4) is 0 Å². The summed E-state index contributed by atoms with van der Waals surface area (Å²) in [5.74, 6) is 0.0244. The van der Waals surface area contributed by atoms with Crippen molar-refractivity contribution in [2.45, 2.75) is 26.3 Å². The molecule has 2 aromatic heterocycles. The van der Waals surface area contributed by atoms with Gasteiger partial charge in [0.25, 0.3) is 6.43 Å². The van der Waals surface area contributed by atoms with E-state index in [4.69, 9.17) is 0 Å². The lowest BCUT2D eigenvalue weighted by Crippen LogP contribution is -2.16. The summed E-state index contributed by atoms with van der Waals surface area (Å²) in [5, 5.41) is 11.6. The maximum atomic E-state index is 12.7. The van der Waals surface area contributed by atoms with E-state index in [1.807, 2.05) is 6.92 Å². The lowest BCUT2D eigenvalue weighted by Gasteiger charge is -2.03. The first-order valence-electron chi connectivity index (χ1n) is 7.46. The number of fused-ring (bicyclic) bond motifs is 1. The molecule has 8 heteroatoms. The fourth-order valence-corrected chi connectivity index (χ4v) is 2.56. The number of carbonyl (C=O) groups is 1. The van der Waals surface area contributed by atoms with Crippen molar-refractivity contribution in [2.75, 3.05) is 5.32 Å². The van der Waals surface area contributed by atoms with E-state index < -0.39 is 13.0 Å². The Labute approximate surface area is 137 Å². The van der Waals surface area contributed by atoms with Crippen LogP contribution in [0.25, 0.3) is 10.9 Å². The largest absolute Gasteiger partial charge is 0.308 e. The number of para-hydroxylation sites is 1. The molecule has 126 valence electrons. The molecule has 0 aliphatic heterocycles. The zero-order valence-corrected chi connectivity index (χ0v) is 13.3. The van der Waals surface area contributed by atoms with Gasteiger partial charge in [0, 0.05) is 23.7 Å². The van der Waals surface area contributed by atoms with Gasteiger partial charge in [0.1, 0.15) is 6.54 Å². The third kappa shape index (κ3) is 3.12. The average Bonchev–Trinajstić information content (AvgIpc) is 3.02. The summed E-state index contributed by atoms with van der Waals surface area (Å²) in [6.45, 7) is 1.36. The van der Waals surface area contributed by atoms with Crippen LogP contribution in [0.5, 0.6) is 0 Å². The van der Waals surface area contributed by atoms with Gasteiger partial charge < -0.3 is 5.32 Å². The second-order valence-corrected chi connectivity index (χ2v) is 5.54. The van der Waals surface area contributed by atoms with Gasteiger partial charge in [0.15, 0.2) is 5.82 Å². The summed E-state index contributed by atoms with van der Waals surface area (Å²) >= 11 is 0. The molecule has 0 saturated heterocycles. The van der Waals surface area contributed by atoms with E-state index in [0.29, 0.717) is 10.9 Å². The molecule has 3 aromatic rings. The number of nitrogens with zero attached hydrogens (tertiary/aromatic N) is 4. The van der Waals surface area contributed by atoms with E-state index in [1.165, 1.54) is 4.68 Å². The predicted octanol–water partition coefficient (Wildman–Crippen LogP) is 2.52. The highest BCUT2D eigenvalue weighted by atomic mass is 19.3. The van der Waals surface area contributed by atoms with E-state index in [1.54, 1.807) is 42.2 Å². The van der Waals surface area contributed by atoms with Crippen molar-refractivity contribution in [3.63, 3.8) is 0 Å². The molecule has 1 N–H and O–H groups in total. The van der Waals surface area contributed by atoms with Gasteiger partial charge in [-0.1, -0.05) is 12.1 Å². The third-order valence-corrected chi connectivity index (χ3v) is 3.91. The second kappa shape index (κ2) is 6.38. The summed E-state index contributed by atoms with van der Waals surface area (Å²) < 4.78 is 28.3. The summed E-state index contributed by atoms with van der Waals surface area (Å²) in [7, 11) is 1.80. The quantitative estimate of drug-likeness (QED) is 0.780. The molecule has 0 aliphatic rings. The molecule has 0 unspecified atom stereocenters. The number of hydrogen-bond donors (Lipinski definition) is 1. The van der Waals surface area contributed by atoms with Gasteiger partial charge >= 0.3 is 0 Å². The monoisotopic (exact) mass is 333 g/mol. The van der Waals surface area contributed by atoms with Gasteiger partial charge in [-0.3, -0.25) is 14.2 Å². The van der Waals surface area contributed by atoms with Crippen LogP contribution < -0.4 is 5.32 Å². The molecule has 24 heavy (non-hydrogen) atoms. The van der Waals surface area contributed by atoms with Gasteiger partial charge in [0.05, 0.1) is 18.1 Å². The second-order valence-electron chi connectivity index (χ2n) is 5.54. The Bertz CT molecular complexity index is 884. The van der Waals surface area contributed by atoms with Crippen molar-refractivity contribution in [3.8, 4) is 0 Å². The zero-order chi connectivity index (χ0) is 17.3. The molecular formula is C16H17F2N5O. The number of carbonyl (C=O) groups excluding carboxylic acids is 1. The number of amides is 1. The van der Waals surface area contributed by atoms with Crippen molar-refractivity contribution in [3.05, 3.63) is 41.7 Å². The number of hydrogen-bond acceptors (Lipinski definition) is 3. The molecule has 1 aromatic carbocycles. The minimum absolute atomic E-state index is 0.149. The van der Waals surface area contributed by atoms with E-state index in [-0.39, 0.29) is 18.1 Å². The zero-order valence-electron chi connectivity index (χ0n) is 13.3. The normalized spacial score (nSPS) is 11.4. The molecule has 0 fully saturated rings. The van der Waals surface area contributed by atoms with Crippen LogP contribution in [0.4, 0.5) is 14.6 Å². The molecule has 0 spiro atoms. The van der Waals surface area contributed by atoms with Gasteiger partial charge in [-0.25, -0.2) is 8.78 Å². The smallest absolute Gasteiger partial charge is 0.257 e. The minimum Gasteiger partial charge on any atom is -0.308 e. The number of alkyl halides is 2. The molecule has 0 atom stereocenters. The Hall–Kier alpha value is -2.77. The summed E-state index contributed by atoms with van der Waals surface area (Å²) in [4.78, 5) is 12.3. The highest BCUT2D eigenvalue weighted by Crippen LogP contribution is 2.23. The van der Waals surface area contributed by atoms with Gasteiger partial charge in [-0.15, -0.1) is 0 Å². The number of benzene rings is 1. The third-order valence-electron chi connectivity index (χ3n) is 3.91. The van der Waals surface area contributed by atoms with Crippen molar-refractivity contribution in [2.24, 2.45) is 7.05 Å². The first-order chi connectivity index (χ1) is 11.5. The van der Waals surface area contributed by atoms with Crippen LogP contribution in [0.1, 0.15) is 11.3 Å². The average molecular weight is 333 g/mol. The van der Waals surface area contributed by atoms with E-state index in [9.17, 15) is 13.6 Å². The van der Waals surface area contributed by atoms with Crippen LogP contribution in [-0.2, 0) is 24.8 Å². The van der Waals surface area contributed by atoms with E-state index in [0.717, 1.165) is 11.3 Å². The van der Waals surface area contributed by atoms with Gasteiger partial charge in [-0.2, -0.15) is 10.2 Å². The van der Waals surface area contributed by atoms with Crippen LogP contribution in [0.2, 0.25) is 0 Å². The van der Waals surface area contributed by atoms with Crippen molar-refractivity contribution in [1.82, 2.24) is 19.6 Å². The maximum Gasteiger partial charge on any atom is 0.257 e. The van der Waals surface area contributed by atoms with Crippen LogP contribution >= 0.6 is 0 Å². The Kier molecular flexibility index (Phi) is 4.28. The Morgan fingerprint density at radius 2 is 2.08 bits per heavy atom. The summed E-state index contributed by atoms with van der Waals surface area (Å²) in [6.07, 6.45) is -0.729. The highest BCUT2D eigenvalue weighted by Gasteiger charge is 2.16. The maximum absolute atomic E-state index is 12.7. The molecule has 0 aliphatic carbocycles. The van der Waals surface area contributed by atoms with Crippen molar-refractivity contribution in [1.29, 1.82) is 0 Å². The SMILES string of the molecule is Cc1c(CC(=O)Nc2nn(CC(F)F)c3ccccc23)cnn1C. The van der Waals surface area contributed by atoms with Gasteiger partial charge in [-0.05, 0) is 19.1 Å². The fraction of sp³-hybridized carbons (Fsp3) is 0.312. The van der Waals surface area contributed by atoms with Crippen molar-refractivity contribution >= 4 is 22.6 Å². The molecule has 1 amide bonds. The molecule has 6 nitrogen and oxygen atoms in total. The minimum atomic E-state index is -2.52. The molecule has 0 saturated carbocycles. The lowest BCUT2D eigenvalue weighted by molar-refractivity contribution is -0.115. The number of aryl methyl sites for hydroxylation is 1. The summed E-state index contributed by atoms with van der Waals surface area (Å²) in [5.41, 5.74) is 2.27. The number of nitrogens with one attached hydrogen (secondary N) is 1. The lowest BCUT2D eigenvalue weighted by atomic mass is 10.2. The molecule has 0 bridgehead atoms. The van der Waals surface area contributed by atoms with E-state index >= 15 is 0 Å². The Morgan fingerprint density at radius 3 is 2.75 bits per heavy atom. The topological polar surface area (TPSA) is 64.7 Å². The number of halogens is 2. The van der Waals surface area contributed by atoms with Crippen molar-refractivity contribution < 1.29 is 13.6 Å². The summed E-state index contributed by atoms with van der Waals surface area (Å²) in [6, 6.07) is 6.97. The number of aromatic nitrogens is 4. The highest BCUT2D eigenvalue weighted by molar-refractivity contribution is 6.00. The first-order valence-corrected chi connectivity index (χ1v) is 7.46. The van der Waals surface area contributed by atoms with Crippen LogP contribution in [-0.4, -0.2) is 31.9 Å². The molecule has 2 heterocycles. The number of anilines is 1. The van der Waals surface area contributed by atoms with Gasteiger partial charge in [0.2, 0.25) is 5.91 Å². The molecule has 0 radical (unpaired) electrons. The standard InChI is InChI=1S/C16H17F2N5O/c1-10-11(8-19-22(10)2)7-15(24)20-16-12-5-3-4-6-13(12)23(21-16)9-14(17)18/h3-6,8,14H,7,9H2,1-2H3,(H,20,21,24). The number of rotatable bonds is 5. The first kappa shape index (κ1) is 16.1. The van der Waals surface area contributed by atoms with E-state index in [2.05, 4.69) is 15.5 Å². The Morgan fingerprint density at radius 1 is 1.33 bits per heavy atom. The molecular weight excluding hydrogens is 316 g/mol. The Balaban J connectivity index is 1.84. The van der Waals surface area contributed by atoms with Crippen LogP contribution in [0, 0.1) is 6.92 Å². The predicted molar refractivity (Wildman–Crippen MR) is 86.0 cm³/mol. The molecule has 3 rings (SSSR count). The van der Waals surface area contributed by atoms with Crippen LogP contribution in [0.15, 0.2) is 30.5 Å². The fourth-order valence-electron chi connectivity index (χ4n) is 2.56.